The predicted molar refractivity (Wildman–Crippen MR) is 83.9 cm³/mol. The van der Waals surface area contributed by atoms with Gasteiger partial charge in [0.2, 0.25) is 0 Å². The number of benzene rings is 2. The third kappa shape index (κ3) is 2.46. The van der Waals surface area contributed by atoms with Crippen molar-refractivity contribution in [3.63, 3.8) is 0 Å². The van der Waals surface area contributed by atoms with Crippen molar-refractivity contribution in [2.24, 2.45) is 0 Å². The summed E-state index contributed by atoms with van der Waals surface area (Å²) >= 11 is 0. The van der Waals surface area contributed by atoms with Crippen LogP contribution in [0.3, 0.4) is 0 Å². The molecule has 2 aromatic rings. The van der Waals surface area contributed by atoms with E-state index in [1.165, 1.54) is 12.7 Å². The Balaban J connectivity index is 2.02. The van der Waals surface area contributed by atoms with Crippen LogP contribution in [0.1, 0.15) is 16.7 Å². The Labute approximate surface area is 129 Å². The lowest BCUT2D eigenvalue weighted by atomic mass is 9.69. The molecule has 3 rings (SSSR count). The van der Waals surface area contributed by atoms with E-state index in [1.807, 2.05) is 24.3 Å². The summed E-state index contributed by atoms with van der Waals surface area (Å²) in [5.41, 5.74) is 2.64. The summed E-state index contributed by atoms with van der Waals surface area (Å²) in [5, 5.41) is 13.6. The van der Waals surface area contributed by atoms with Crippen LogP contribution in [0, 0.1) is 0 Å². The fourth-order valence-electron chi connectivity index (χ4n) is 3.00. The zero-order valence-corrected chi connectivity index (χ0v) is 12.5. The van der Waals surface area contributed by atoms with Gasteiger partial charge < -0.3 is 15.2 Å². The lowest BCUT2D eigenvalue weighted by Crippen LogP contribution is -2.57. The first-order valence-corrected chi connectivity index (χ1v) is 7.31. The maximum absolute atomic E-state index is 11.5. The summed E-state index contributed by atoms with van der Waals surface area (Å²) in [5.74, 6) is -0.0175. The van der Waals surface area contributed by atoms with Gasteiger partial charge in [0.15, 0.2) is 0 Å². The van der Waals surface area contributed by atoms with Crippen molar-refractivity contribution in [1.82, 2.24) is 5.32 Å². The first-order valence-electron chi connectivity index (χ1n) is 7.31. The summed E-state index contributed by atoms with van der Waals surface area (Å²) < 4.78 is 4.72. The van der Waals surface area contributed by atoms with Gasteiger partial charge in [-0.2, -0.15) is 0 Å². The van der Waals surface area contributed by atoms with Crippen molar-refractivity contribution in [1.29, 1.82) is 0 Å². The van der Waals surface area contributed by atoms with Gasteiger partial charge in [-0.1, -0.05) is 42.5 Å². The number of esters is 1. The molecule has 1 fully saturated rings. The molecule has 4 nitrogen and oxygen atoms in total. The SMILES string of the molecule is COC(=O)Cc1ccc(O)c(C2(c3ccccc3)CNC2)c1. The van der Waals surface area contributed by atoms with E-state index in [1.54, 1.807) is 12.1 Å². The Bertz CT molecular complexity index is 678. The molecule has 0 atom stereocenters. The van der Waals surface area contributed by atoms with Gasteiger partial charge in [0, 0.05) is 24.1 Å². The molecule has 0 spiro atoms. The quantitative estimate of drug-likeness (QED) is 0.848. The maximum Gasteiger partial charge on any atom is 0.309 e. The third-order valence-electron chi connectivity index (χ3n) is 4.33. The molecule has 2 N–H and O–H groups in total. The minimum absolute atomic E-state index is 0.210. The van der Waals surface area contributed by atoms with Gasteiger partial charge in [0.1, 0.15) is 5.75 Å². The number of phenols is 1. The molecule has 0 bridgehead atoms. The monoisotopic (exact) mass is 297 g/mol. The highest BCUT2D eigenvalue weighted by Crippen LogP contribution is 2.40. The van der Waals surface area contributed by atoms with Gasteiger partial charge in [-0.25, -0.2) is 0 Å². The fourth-order valence-corrected chi connectivity index (χ4v) is 3.00. The molecule has 2 aromatic carbocycles. The number of rotatable bonds is 4. The number of carbonyl (C=O) groups excluding carboxylic acids is 1. The molecule has 0 aliphatic carbocycles. The largest absolute Gasteiger partial charge is 0.508 e. The van der Waals surface area contributed by atoms with Crippen LogP contribution in [0.25, 0.3) is 0 Å². The van der Waals surface area contributed by atoms with Crippen molar-refractivity contribution in [2.45, 2.75) is 11.8 Å². The Hall–Kier alpha value is -2.33. The van der Waals surface area contributed by atoms with E-state index in [2.05, 4.69) is 17.4 Å². The summed E-state index contributed by atoms with van der Waals surface area (Å²) in [7, 11) is 1.38. The predicted octanol–water partition coefficient (Wildman–Crippen LogP) is 2.00. The van der Waals surface area contributed by atoms with E-state index in [9.17, 15) is 9.90 Å². The number of hydrogen-bond donors (Lipinski definition) is 2. The van der Waals surface area contributed by atoms with Gasteiger partial charge >= 0.3 is 5.97 Å². The molecular weight excluding hydrogens is 278 g/mol. The second kappa shape index (κ2) is 5.81. The maximum atomic E-state index is 11.5. The Morgan fingerprint density at radius 1 is 1.23 bits per heavy atom. The molecule has 1 saturated heterocycles. The summed E-state index contributed by atoms with van der Waals surface area (Å²) in [4.78, 5) is 11.5. The first-order chi connectivity index (χ1) is 10.7. The van der Waals surface area contributed by atoms with Crippen LogP contribution in [0.15, 0.2) is 48.5 Å². The molecule has 0 radical (unpaired) electrons. The van der Waals surface area contributed by atoms with Crippen molar-refractivity contribution >= 4 is 5.97 Å². The Morgan fingerprint density at radius 3 is 2.55 bits per heavy atom. The average Bonchev–Trinajstić information content (AvgIpc) is 2.50. The number of aromatic hydroxyl groups is 1. The third-order valence-corrected chi connectivity index (χ3v) is 4.33. The summed E-state index contributed by atoms with van der Waals surface area (Å²) in [6.45, 7) is 1.54. The molecule has 1 aliphatic rings. The van der Waals surface area contributed by atoms with Gasteiger partial charge in [0.05, 0.1) is 13.5 Å². The minimum Gasteiger partial charge on any atom is -0.508 e. The van der Waals surface area contributed by atoms with Crippen LogP contribution in [-0.4, -0.2) is 31.3 Å². The Morgan fingerprint density at radius 2 is 1.95 bits per heavy atom. The number of ether oxygens (including phenoxy) is 1. The zero-order valence-electron chi connectivity index (χ0n) is 12.5. The van der Waals surface area contributed by atoms with Gasteiger partial charge in [0.25, 0.3) is 0 Å². The van der Waals surface area contributed by atoms with Crippen LogP contribution in [0.5, 0.6) is 5.75 Å². The van der Waals surface area contributed by atoms with Crippen LogP contribution < -0.4 is 5.32 Å². The molecule has 114 valence electrons. The lowest BCUT2D eigenvalue weighted by Gasteiger charge is -2.44. The number of nitrogens with one attached hydrogen (secondary N) is 1. The molecule has 1 heterocycles. The lowest BCUT2D eigenvalue weighted by molar-refractivity contribution is -0.139. The highest BCUT2D eigenvalue weighted by molar-refractivity contribution is 5.72. The Kier molecular flexibility index (Phi) is 3.86. The zero-order chi connectivity index (χ0) is 15.6. The van der Waals surface area contributed by atoms with Gasteiger partial charge in [-0.3, -0.25) is 4.79 Å². The standard InChI is InChI=1S/C18H19NO3/c1-22-17(21)10-13-7-8-16(20)15(9-13)18(11-19-12-18)14-5-3-2-4-6-14/h2-9,19-20H,10-12H2,1H3. The number of methoxy groups -OCH3 is 1. The summed E-state index contributed by atoms with van der Waals surface area (Å²) in [6.07, 6.45) is 0.210. The second-order valence-electron chi connectivity index (χ2n) is 5.66. The van der Waals surface area contributed by atoms with E-state index in [-0.39, 0.29) is 23.6 Å². The van der Waals surface area contributed by atoms with Crippen molar-refractivity contribution in [3.05, 3.63) is 65.2 Å². The molecular formula is C18H19NO3. The normalized spacial score (nSPS) is 15.9. The van der Waals surface area contributed by atoms with E-state index >= 15 is 0 Å². The van der Waals surface area contributed by atoms with Crippen molar-refractivity contribution < 1.29 is 14.6 Å². The average molecular weight is 297 g/mol. The molecule has 4 heteroatoms. The van der Waals surface area contributed by atoms with Crippen LogP contribution in [-0.2, 0) is 21.4 Å². The molecule has 0 aromatic heterocycles. The summed E-state index contributed by atoms with van der Waals surface area (Å²) in [6, 6.07) is 15.5. The van der Waals surface area contributed by atoms with Crippen LogP contribution in [0.2, 0.25) is 0 Å². The van der Waals surface area contributed by atoms with Gasteiger partial charge in [-0.05, 0) is 17.2 Å². The van der Waals surface area contributed by atoms with Crippen molar-refractivity contribution in [2.75, 3.05) is 20.2 Å². The number of hydrogen-bond acceptors (Lipinski definition) is 4. The van der Waals surface area contributed by atoms with Crippen LogP contribution >= 0.6 is 0 Å². The first kappa shape index (κ1) is 14.6. The topological polar surface area (TPSA) is 58.6 Å². The van der Waals surface area contributed by atoms with E-state index < -0.39 is 0 Å². The number of phenolic OH excluding ortho intramolecular Hbond substituents is 1. The molecule has 0 unspecified atom stereocenters. The number of carbonyl (C=O) groups is 1. The fraction of sp³-hybridized carbons (Fsp3) is 0.278. The van der Waals surface area contributed by atoms with Gasteiger partial charge in [-0.15, -0.1) is 0 Å². The second-order valence-corrected chi connectivity index (χ2v) is 5.66. The van der Waals surface area contributed by atoms with Crippen molar-refractivity contribution in [3.8, 4) is 5.75 Å². The highest BCUT2D eigenvalue weighted by atomic mass is 16.5. The molecule has 1 aliphatic heterocycles. The molecule has 22 heavy (non-hydrogen) atoms. The van der Waals surface area contributed by atoms with Crippen LogP contribution in [0.4, 0.5) is 0 Å². The molecule has 0 amide bonds. The van der Waals surface area contributed by atoms with E-state index in [4.69, 9.17) is 4.74 Å². The van der Waals surface area contributed by atoms with E-state index in [0.29, 0.717) is 0 Å². The highest BCUT2D eigenvalue weighted by Gasteiger charge is 2.42. The van der Waals surface area contributed by atoms with E-state index in [0.717, 1.165) is 24.2 Å². The minimum atomic E-state index is -0.280. The smallest absolute Gasteiger partial charge is 0.309 e. The molecule has 0 saturated carbocycles.